The van der Waals surface area contributed by atoms with Crippen molar-refractivity contribution in [1.82, 2.24) is 9.88 Å². The number of likely N-dealkylation sites (N-methyl/N-ethyl adjacent to an activating group) is 1. The van der Waals surface area contributed by atoms with Crippen molar-refractivity contribution < 1.29 is 19.0 Å². The zero-order valence-electron chi connectivity index (χ0n) is 19.6. The van der Waals surface area contributed by atoms with Crippen molar-refractivity contribution in [2.75, 3.05) is 51.4 Å². The van der Waals surface area contributed by atoms with Gasteiger partial charge in [-0.25, -0.2) is 4.98 Å². The number of hydrogen-bond donors (Lipinski definition) is 0. The first kappa shape index (κ1) is 26.7. The van der Waals surface area contributed by atoms with E-state index in [1.54, 1.807) is 18.1 Å². The molecular formula is C24H32ClN3O4S. The Hall–Kier alpha value is -2.55. The molecule has 1 aromatic heterocycles. The zero-order chi connectivity index (χ0) is 22.9. The number of halogens is 1. The molecule has 0 saturated carbocycles. The molecule has 7 nitrogen and oxygen atoms in total. The number of nitrogens with zero attached hydrogens (tertiary/aromatic N) is 3. The van der Waals surface area contributed by atoms with E-state index in [4.69, 9.17) is 19.2 Å². The predicted octanol–water partition coefficient (Wildman–Crippen LogP) is 4.88. The summed E-state index contributed by atoms with van der Waals surface area (Å²) in [5.74, 6) is 1.86. The standard InChI is InChI=1S/C24H31N3O4S.ClH/c1-5-26(6-2)14-15-27(22(28)17-31-19-11-8-10-18(16-19)29-4)24-25-23-20(30-7-3)12-9-13-21(23)32-24;/h8-13,16H,5-7,14-15,17H2,1-4H3;1H. The molecular weight excluding hydrogens is 462 g/mol. The highest BCUT2D eigenvalue weighted by Crippen LogP contribution is 2.34. The van der Waals surface area contributed by atoms with Gasteiger partial charge in [0.25, 0.3) is 5.91 Å². The largest absolute Gasteiger partial charge is 0.497 e. The Labute approximate surface area is 205 Å². The minimum absolute atomic E-state index is 0. The normalized spacial score (nSPS) is 10.7. The molecule has 0 radical (unpaired) electrons. The summed E-state index contributed by atoms with van der Waals surface area (Å²) in [7, 11) is 1.60. The second kappa shape index (κ2) is 13.2. The van der Waals surface area contributed by atoms with Gasteiger partial charge in [-0.1, -0.05) is 37.3 Å². The van der Waals surface area contributed by atoms with Gasteiger partial charge >= 0.3 is 0 Å². The van der Waals surface area contributed by atoms with Crippen LogP contribution in [-0.2, 0) is 4.79 Å². The molecule has 0 aliphatic rings. The number of amides is 1. The molecule has 0 aliphatic carbocycles. The van der Waals surface area contributed by atoms with E-state index in [2.05, 4.69) is 18.7 Å². The highest BCUT2D eigenvalue weighted by atomic mass is 35.5. The van der Waals surface area contributed by atoms with Crippen molar-refractivity contribution in [1.29, 1.82) is 0 Å². The van der Waals surface area contributed by atoms with Gasteiger partial charge in [-0.3, -0.25) is 9.69 Å². The quantitative estimate of drug-likeness (QED) is 0.358. The van der Waals surface area contributed by atoms with Crippen LogP contribution in [0.1, 0.15) is 20.8 Å². The van der Waals surface area contributed by atoms with Crippen molar-refractivity contribution in [3.05, 3.63) is 42.5 Å². The third kappa shape index (κ3) is 6.96. The lowest BCUT2D eigenvalue weighted by Crippen LogP contribution is -2.41. The maximum Gasteiger partial charge on any atom is 0.266 e. The number of methoxy groups -OCH3 is 1. The summed E-state index contributed by atoms with van der Waals surface area (Å²) in [4.78, 5) is 22.0. The SMILES string of the molecule is CCOc1cccc2sc(N(CCN(CC)CC)C(=O)COc3cccc(OC)c3)nc12.Cl. The number of ether oxygens (including phenoxy) is 3. The fraction of sp³-hybridized carbons (Fsp3) is 0.417. The van der Waals surface area contributed by atoms with Gasteiger partial charge in [0.15, 0.2) is 11.7 Å². The van der Waals surface area contributed by atoms with Gasteiger partial charge in [0.2, 0.25) is 0 Å². The molecule has 1 heterocycles. The second-order valence-electron chi connectivity index (χ2n) is 7.07. The molecule has 3 aromatic rings. The number of thiazole rings is 1. The van der Waals surface area contributed by atoms with E-state index in [1.807, 2.05) is 43.3 Å². The number of rotatable bonds is 12. The summed E-state index contributed by atoms with van der Waals surface area (Å²) in [5.41, 5.74) is 0.781. The molecule has 0 atom stereocenters. The van der Waals surface area contributed by atoms with Gasteiger partial charge in [-0.15, -0.1) is 12.4 Å². The lowest BCUT2D eigenvalue weighted by Gasteiger charge is -2.24. The lowest BCUT2D eigenvalue weighted by molar-refractivity contribution is -0.120. The zero-order valence-corrected chi connectivity index (χ0v) is 21.2. The van der Waals surface area contributed by atoms with Crippen LogP contribution in [0.3, 0.4) is 0 Å². The summed E-state index contributed by atoms with van der Waals surface area (Å²) < 4.78 is 17.7. The third-order valence-corrected chi connectivity index (χ3v) is 6.18. The van der Waals surface area contributed by atoms with Crippen LogP contribution < -0.4 is 19.1 Å². The molecule has 0 aliphatic heterocycles. The minimum Gasteiger partial charge on any atom is -0.497 e. The van der Waals surface area contributed by atoms with Crippen molar-refractivity contribution in [3.8, 4) is 17.2 Å². The lowest BCUT2D eigenvalue weighted by atomic mass is 10.3. The molecule has 0 unspecified atom stereocenters. The first-order valence-corrected chi connectivity index (χ1v) is 11.7. The van der Waals surface area contributed by atoms with Gasteiger partial charge in [-0.05, 0) is 44.3 Å². The van der Waals surface area contributed by atoms with Crippen molar-refractivity contribution >= 4 is 45.0 Å². The van der Waals surface area contributed by atoms with Crippen LogP contribution in [-0.4, -0.2) is 62.3 Å². The van der Waals surface area contributed by atoms with Crippen LogP contribution in [0, 0.1) is 0 Å². The first-order valence-electron chi connectivity index (χ1n) is 10.9. The molecule has 3 rings (SSSR count). The molecule has 0 bridgehead atoms. The first-order chi connectivity index (χ1) is 15.6. The van der Waals surface area contributed by atoms with E-state index in [0.29, 0.717) is 29.8 Å². The number of benzene rings is 2. The summed E-state index contributed by atoms with van der Waals surface area (Å²) in [5, 5.41) is 0.651. The van der Waals surface area contributed by atoms with E-state index in [1.165, 1.54) is 11.3 Å². The van der Waals surface area contributed by atoms with E-state index in [9.17, 15) is 4.79 Å². The highest BCUT2D eigenvalue weighted by molar-refractivity contribution is 7.22. The third-order valence-electron chi connectivity index (χ3n) is 5.14. The number of carbonyl (C=O) groups is 1. The van der Waals surface area contributed by atoms with Gasteiger partial charge in [0, 0.05) is 19.2 Å². The number of fused-ring (bicyclic) bond motifs is 1. The van der Waals surface area contributed by atoms with Crippen LogP contribution in [0.15, 0.2) is 42.5 Å². The Bertz CT molecular complexity index is 1030. The summed E-state index contributed by atoms with van der Waals surface area (Å²) in [6.45, 7) is 9.80. The molecule has 180 valence electrons. The Morgan fingerprint density at radius 3 is 2.42 bits per heavy atom. The average molecular weight is 494 g/mol. The maximum absolute atomic E-state index is 13.2. The van der Waals surface area contributed by atoms with E-state index in [0.717, 1.165) is 35.6 Å². The molecule has 0 spiro atoms. The van der Waals surface area contributed by atoms with Crippen LogP contribution in [0.2, 0.25) is 0 Å². The maximum atomic E-state index is 13.2. The minimum atomic E-state index is -0.142. The van der Waals surface area contributed by atoms with Crippen LogP contribution in [0.4, 0.5) is 5.13 Å². The number of aromatic nitrogens is 1. The van der Waals surface area contributed by atoms with E-state index < -0.39 is 0 Å². The number of hydrogen-bond acceptors (Lipinski definition) is 7. The molecule has 0 fully saturated rings. The van der Waals surface area contributed by atoms with Crippen molar-refractivity contribution in [3.63, 3.8) is 0 Å². The number of para-hydroxylation sites is 1. The average Bonchev–Trinajstić information content (AvgIpc) is 3.25. The Morgan fingerprint density at radius 1 is 1.00 bits per heavy atom. The molecule has 0 N–H and O–H groups in total. The highest BCUT2D eigenvalue weighted by Gasteiger charge is 2.22. The molecule has 0 saturated heterocycles. The van der Waals surface area contributed by atoms with Crippen molar-refractivity contribution in [2.24, 2.45) is 0 Å². The fourth-order valence-corrected chi connectivity index (χ4v) is 4.35. The van der Waals surface area contributed by atoms with Crippen LogP contribution >= 0.6 is 23.7 Å². The summed E-state index contributed by atoms with van der Waals surface area (Å²) in [6, 6.07) is 13.1. The van der Waals surface area contributed by atoms with Crippen LogP contribution in [0.25, 0.3) is 10.2 Å². The van der Waals surface area contributed by atoms with Gasteiger partial charge in [0.05, 0.1) is 18.4 Å². The fourth-order valence-electron chi connectivity index (χ4n) is 3.32. The molecule has 1 amide bonds. The number of anilines is 1. The van der Waals surface area contributed by atoms with Gasteiger partial charge < -0.3 is 19.1 Å². The Balaban J connectivity index is 0.00000385. The summed E-state index contributed by atoms with van der Waals surface area (Å²) in [6.07, 6.45) is 0. The Morgan fingerprint density at radius 2 is 1.73 bits per heavy atom. The van der Waals surface area contributed by atoms with Gasteiger partial charge in [-0.2, -0.15) is 0 Å². The molecule has 2 aromatic carbocycles. The molecule has 33 heavy (non-hydrogen) atoms. The van der Waals surface area contributed by atoms with Crippen molar-refractivity contribution in [2.45, 2.75) is 20.8 Å². The Kier molecular flexibility index (Phi) is 10.7. The molecule has 9 heteroatoms. The van der Waals surface area contributed by atoms with E-state index >= 15 is 0 Å². The monoisotopic (exact) mass is 493 g/mol. The summed E-state index contributed by atoms with van der Waals surface area (Å²) >= 11 is 1.49. The number of carbonyl (C=O) groups excluding carboxylic acids is 1. The topological polar surface area (TPSA) is 64.1 Å². The van der Waals surface area contributed by atoms with Crippen LogP contribution in [0.5, 0.6) is 17.2 Å². The second-order valence-corrected chi connectivity index (χ2v) is 8.08. The van der Waals surface area contributed by atoms with Gasteiger partial charge in [0.1, 0.15) is 22.8 Å². The smallest absolute Gasteiger partial charge is 0.266 e. The predicted molar refractivity (Wildman–Crippen MR) is 137 cm³/mol. The van der Waals surface area contributed by atoms with E-state index in [-0.39, 0.29) is 24.9 Å².